The van der Waals surface area contributed by atoms with Gasteiger partial charge < -0.3 is 14.4 Å². The fourth-order valence-electron chi connectivity index (χ4n) is 2.23. The highest BCUT2D eigenvalue weighted by Crippen LogP contribution is 2.21. The maximum Gasteiger partial charge on any atom is 0.257 e. The number of hydrogen-bond acceptors (Lipinski definition) is 5. The maximum absolute atomic E-state index is 12.7. The molecular formula is C18H24N2O3S. The van der Waals surface area contributed by atoms with Gasteiger partial charge in [-0.25, -0.2) is 4.98 Å². The van der Waals surface area contributed by atoms with E-state index in [4.69, 9.17) is 9.47 Å². The van der Waals surface area contributed by atoms with Crippen molar-refractivity contribution in [2.24, 2.45) is 0 Å². The molecule has 1 amide bonds. The van der Waals surface area contributed by atoms with E-state index in [9.17, 15) is 4.79 Å². The van der Waals surface area contributed by atoms with E-state index in [2.05, 4.69) is 11.9 Å². The molecule has 0 saturated heterocycles. The summed E-state index contributed by atoms with van der Waals surface area (Å²) in [5.74, 6) is 0.509. The predicted molar refractivity (Wildman–Crippen MR) is 95.7 cm³/mol. The van der Waals surface area contributed by atoms with E-state index in [0.717, 1.165) is 17.1 Å². The standard InChI is InChI=1S/C18H24N2O3S/c1-4-17-19-14(13-24-17)12-20(3)18(21)15-8-6-7-9-16(15)23-11-10-22-5-2/h6-9,13H,4-5,10-12H2,1-3H3. The summed E-state index contributed by atoms with van der Waals surface area (Å²) in [7, 11) is 1.78. The van der Waals surface area contributed by atoms with Gasteiger partial charge in [0.05, 0.1) is 29.4 Å². The molecule has 0 atom stereocenters. The first-order valence-corrected chi connectivity index (χ1v) is 9.02. The molecule has 0 spiro atoms. The van der Waals surface area contributed by atoms with Gasteiger partial charge in [0.25, 0.3) is 5.91 Å². The van der Waals surface area contributed by atoms with E-state index >= 15 is 0 Å². The number of aromatic nitrogens is 1. The lowest BCUT2D eigenvalue weighted by Crippen LogP contribution is -2.27. The van der Waals surface area contributed by atoms with Crippen molar-refractivity contribution >= 4 is 17.2 Å². The molecule has 2 rings (SSSR count). The maximum atomic E-state index is 12.7. The van der Waals surface area contributed by atoms with Crippen LogP contribution in [0, 0.1) is 0 Å². The van der Waals surface area contributed by atoms with Crippen LogP contribution in [-0.2, 0) is 17.7 Å². The largest absolute Gasteiger partial charge is 0.490 e. The van der Waals surface area contributed by atoms with Crippen LogP contribution < -0.4 is 4.74 Å². The van der Waals surface area contributed by atoms with Crippen molar-refractivity contribution in [3.63, 3.8) is 0 Å². The molecular weight excluding hydrogens is 324 g/mol. The minimum Gasteiger partial charge on any atom is -0.490 e. The number of thiazole rings is 1. The number of carbonyl (C=O) groups excluding carboxylic acids is 1. The van der Waals surface area contributed by atoms with Gasteiger partial charge in [-0.05, 0) is 25.5 Å². The van der Waals surface area contributed by atoms with E-state index in [1.807, 2.05) is 30.5 Å². The number of hydrogen-bond donors (Lipinski definition) is 0. The van der Waals surface area contributed by atoms with Crippen molar-refractivity contribution in [1.82, 2.24) is 9.88 Å². The summed E-state index contributed by atoms with van der Waals surface area (Å²) in [6.45, 7) is 6.09. The first-order chi connectivity index (χ1) is 11.7. The SMILES string of the molecule is CCOCCOc1ccccc1C(=O)N(C)Cc1csc(CC)n1. The second-order valence-corrected chi connectivity index (χ2v) is 6.23. The van der Waals surface area contributed by atoms with Gasteiger partial charge in [0.15, 0.2) is 0 Å². The third kappa shape index (κ3) is 5.04. The highest BCUT2D eigenvalue weighted by molar-refractivity contribution is 7.09. The normalized spacial score (nSPS) is 10.6. The van der Waals surface area contributed by atoms with Crippen molar-refractivity contribution in [3.8, 4) is 5.75 Å². The van der Waals surface area contributed by atoms with Gasteiger partial charge in [0.1, 0.15) is 12.4 Å². The summed E-state index contributed by atoms with van der Waals surface area (Å²) in [4.78, 5) is 18.9. The average molecular weight is 348 g/mol. The Balaban J connectivity index is 2.02. The summed E-state index contributed by atoms with van der Waals surface area (Å²) in [6, 6.07) is 7.30. The van der Waals surface area contributed by atoms with Crippen molar-refractivity contribution < 1.29 is 14.3 Å². The number of ether oxygens (including phenoxy) is 2. The van der Waals surface area contributed by atoms with Crippen LogP contribution in [0.3, 0.4) is 0 Å². The summed E-state index contributed by atoms with van der Waals surface area (Å²) >= 11 is 1.63. The van der Waals surface area contributed by atoms with E-state index in [1.165, 1.54) is 0 Å². The van der Waals surface area contributed by atoms with Gasteiger partial charge in [-0.3, -0.25) is 4.79 Å². The topological polar surface area (TPSA) is 51.7 Å². The van der Waals surface area contributed by atoms with Crippen molar-refractivity contribution in [1.29, 1.82) is 0 Å². The van der Waals surface area contributed by atoms with Gasteiger partial charge in [0, 0.05) is 19.0 Å². The highest BCUT2D eigenvalue weighted by atomic mass is 32.1. The summed E-state index contributed by atoms with van der Waals surface area (Å²) < 4.78 is 11.0. The summed E-state index contributed by atoms with van der Waals surface area (Å²) in [5.41, 5.74) is 1.48. The van der Waals surface area contributed by atoms with E-state index in [0.29, 0.717) is 37.7 Å². The van der Waals surface area contributed by atoms with Crippen molar-refractivity contribution in [2.45, 2.75) is 26.8 Å². The van der Waals surface area contributed by atoms with Gasteiger partial charge in [0.2, 0.25) is 0 Å². The van der Waals surface area contributed by atoms with Gasteiger partial charge in [-0.1, -0.05) is 19.1 Å². The zero-order valence-electron chi connectivity index (χ0n) is 14.4. The molecule has 0 aliphatic rings. The summed E-state index contributed by atoms with van der Waals surface area (Å²) in [6.07, 6.45) is 0.916. The molecule has 1 aromatic heterocycles. The Labute approximate surface area is 147 Å². The number of amides is 1. The molecule has 24 heavy (non-hydrogen) atoms. The molecule has 0 saturated carbocycles. The number of aryl methyl sites for hydroxylation is 1. The number of carbonyl (C=O) groups is 1. The fourth-order valence-corrected chi connectivity index (χ4v) is 2.96. The molecule has 0 unspecified atom stereocenters. The van der Waals surface area contributed by atoms with Gasteiger partial charge in [-0.2, -0.15) is 0 Å². The third-order valence-corrected chi connectivity index (χ3v) is 4.50. The van der Waals surface area contributed by atoms with Crippen molar-refractivity contribution in [3.05, 3.63) is 45.9 Å². The van der Waals surface area contributed by atoms with Gasteiger partial charge >= 0.3 is 0 Å². The lowest BCUT2D eigenvalue weighted by molar-refractivity contribution is 0.0772. The Kier molecular flexibility index (Phi) is 7.21. The minimum absolute atomic E-state index is 0.0759. The van der Waals surface area contributed by atoms with Crippen LogP contribution in [0.25, 0.3) is 0 Å². The average Bonchev–Trinajstić information content (AvgIpc) is 3.06. The zero-order chi connectivity index (χ0) is 17.4. The molecule has 0 aliphatic heterocycles. The third-order valence-electron chi connectivity index (χ3n) is 3.45. The number of para-hydroxylation sites is 1. The lowest BCUT2D eigenvalue weighted by Gasteiger charge is -2.18. The molecule has 0 N–H and O–H groups in total. The Hall–Kier alpha value is -1.92. The van der Waals surface area contributed by atoms with Crippen LogP contribution in [0.4, 0.5) is 0 Å². The van der Waals surface area contributed by atoms with Gasteiger partial charge in [-0.15, -0.1) is 11.3 Å². The Morgan fingerprint density at radius 3 is 2.75 bits per heavy atom. The molecule has 1 aromatic carbocycles. The van der Waals surface area contributed by atoms with E-state index < -0.39 is 0 Å². The summed E-state index contributed by atoms with van der Waals surface area (Å²) in [5, 5.41) is 3.10. The lowest BCUT2D eigenvalue weighted by atomic mass is 10.1. The van der Waals surface area contributed by atoms with Crippen LogP contribution in [0.5, 0.6) is 5.75 Å². The molecule has 2 aromatic rings. The van der Waals surface area contributed by atoms with Crippen LogP contribution in [0.15, 0.2) is 29.6 Å². The minimum atomic E-state index is -0.0759. The highest BCUT2D eigenvalue weighted by Gasteiger charge is 2.17. The zero-order valence-corrected chi connectivity index (χ0v) is 15.3. The smallest absolute Gasteiger partial charge is 0.257 e. The number of benzene rings is 1. The number of rotatable bonds is 9. The Bertz CT molecular complexity index is 657. The van der Waals surface area contributed by atoms with Crippen LogP contribution in [0.1, 0.15) is 34.9 Å². The second kappa shape index (κ2) is 9.39. The second-order valence-electron chi connectivity index (χ2n) is 5.29. The van der Waals surface area contributed by atoms with E-state index in [-0.39, 0.29) is 5.91 Å². The predicted octanol–water partition coefficient (Wildman–Crippen LogP) is 3.39. The van der Waals surface area contributed by atoms with Crippen LogP contribution >= 0.6 is 11.3 Å². The Morgan fingerprint density at radius 2 is 2.04 bits per heavy atom. The van der Waals surface area contributed by atoms with E-state index in [1.54, 1.807) is 29.4 Å². The fraction of sp³-hybridized carbons (Fsp3) is 0.444. The Morgan fingerprint density at radius 1 is 1.25 bits per heavy atom. The quantitative estimate of drug-likeness (QED) is 0.652. The molecule has 0 radical (unpaired) electrons. The molecule has 130 valence electrons. The molecule has 0 fully saturated rings. The van der Waals surface area contributed by atoms with Crippen LogP contribution in [-0.4, -0.2) is 42.7 Å². The first kappa shape index (κ1) is 18.4. The number of nitrogens with zero attached hydrogens (tertiary/aromatic N) is 2. The molecule has 5 nitrogen and oxygen atoms in total. The molecule has 0 bridgehead atoms. The molecule has 1 heterocycles. The monoisotopic (exact) mass is 348 g/mol. The molecule has 0 aliphatic carbocycles. The van der Waals surface area contributed by atoms with Crippen molar-refractivity contribution in [2.75, 3.05) is 26.9 Å². The van der Waals surface area contributed by atoms with Crippen LogP contribution in [0.2, 0.25) is 0 Å². The molecule has 6 heteroatoms. The first-order valence-electron chi connectivity index (χ1n) is 8.14.